The number of amides is 1. The van der Waals surface area contributed by atoms with Gasteiger partial charge in [-0.2, -0.15) is 0 Å². The van der Waals surface area contributed by atoms with E-state index >= 15 is 0 Å². The molecule has 0 aliphatic carbocycles. The standard InChI is InChI=1S/C24H24N2O5/c1-5-31-24(29)19-15(3)25-21(20(19)16-8-12-18(30-4)13-9-16)22(27)23(28)26-17-10-6-14(2)7-11-17/h6-13,25H,5H2,1-4H3,(H,26,28). The number of hydrogen-bond donors (Lipinski definition) is 2. The van der Waals surface area contributed by atoms with Crippen LogP contribution in [0.4, 0.5) is 5.69 Å². The summed E-state index contributed by atoms with van der Waals surface area (Å²) < 4.78 is 10.4. The van der Waals surface area contributed by atoms with E-state index < -0.39 is 17.7 Å². The molecule has 0 aliphatic heterocycles. The molecule has 0 spiro atoms. The van der Waals surface area contributed by atoms with Crippen LogP contribution in [0.15, 0.2) is 48.5 Å². The number of methoxy groups -OCH3 is 1. The second-order valence-electron chi connectivity index (χ2n) is 6.97. The number of aromatic nitrogens is 1. The molecule has 1 amide bonds. The minimum absolute atomic E-state index is 0.0235. The maximum atomic E-state index is 13.1. The summed E-state index contributed by atoms with van der Waals surface area (Å²) in [6.07, 6.45) is 0. The molecule has 3 rings (SSSR count). The minimum Gasteiger partial charge on any atom is -0.497 e. The van der Waals surface area contributed by atoms with E-state index in [2.05, 4.69) is 10.3 Å². The van der Waals surface area contributed by atoms with Crippen molar-refractivity contribution in [2.24, 2.45) is 0 Å². The number of rotatable bonds is 7. The van der Waals surface area contributed by atoms with E-state index in [1.54, 1.807) is 57.4 Å². The van der Waals surface area contributed by atoms with E-state index in [0.29, 0.717) is 28.3 Å². The van der Waals surface area contributed by atoms with Crippen molar-refractivity contribution >= 4 is 23.3 Å². The largest absolute Gasteiger partial charge is 0.497 e. The Morgan fingerprint density at radius 2 is 1.61 bits per heavy atom. The normalized spacial score (nSPS) is 10.5. The number of carbonyl (C=O) groups excluding carboxylic acids is 3. The number of ether oxygens (including phenoxy) is 2. The molecule has 0 atom stereocenters. The third kappa shape index (κ3) is 4.66. The Labute approximate surface area is 180 Å². The molecule has 0 saturated heterocycles. The Bertz CT molecular complexity index is 1110. The zero-order valence-corrected chi connectivity index (χ0v) is 17.9. The van der Waals surface area contributed by atoms with Crippen LogP contribution in [-0.4, -0.2) is 36.4 Å². The zero-order valence-electron chi connectivity index (χ0n) is 17.9. The first kappa shape index (κ1) is 21.8. The van der Waals surface area contributed by atoms with E-state index in [1.165, 1.54) is 0 Å². The van der Waals surface area contributed by atoms with E-state index in [4.69, 9.17) is 9.47 Å². The predicted molar refractivity (Wildman–Crippen MR) is 118 cm³/mol. The molecule has 0 radical (unpaired) electrons. The summed E-state index contributed by atoms with van der Waals surface area (Å²) in [5.41, 5.74) is 3.13. The van der Waals surface area contributed by atoms with Crippen molar-refractivity contribution in [3.63, 3.8) is 0 Å². The maximum absolute atomic E-state index is 13.1. The first-order valence-corrected chi connectivity index (χ1v) is 9.82. The number of anilines is 1. The highest BCUT2D eigenvalue weighted by Gasteiger charge is 2.29. The lowest BCUT2D eigenvalue weighted by molar-refractivity contribution is -0.112. The number of nitrogens with one attached hydrogen (secondary N) is 2. The molecule has 1 heterocycles. The molecular formula is C24H24N2O5. The van der Waals surface area contributed by atoms with Gasteiger partial charge in [-0.05, 0) is 50.6 Å². The average molecular weight is 420 g/mol. The molecule has 0 fully saturated rings. The van der Waals surface area contributed by atoms with Crippen LogP contribution in [0.5, 0.6) is 5.75 Å². The highest BCUT2D eigenvalue weighted by atomic mass is 16.5. The number of esters is 1. The van der Waals surface area contributed by atoms with Crippen LogP contribution < -0.4 is 10.1 Å². The molecule has 0 saturated carbocycles. The number of aromatic amines is 1. The lowest BCUT2D eigenvalue weighted by atomic mass is 9.98. The monoisotopic (exact) mass is 420 g/mol. The van der Waals surface area contributed by atoms with Gasteiger partial charge in [0.15, 0.2) is 0 Å². The molecule has 0 bridgehead atoms. The summed E-state index contributed by atoms with van der Waals surface area (Å²) >= 11 is 0. The van der Waals surface area contributed by atoms with Crippen molar-refractivity contribution in [2.75, 3.05) is 19.0 Å². The molecular weight excluding hydrogens is 396 g/mol. The number of H-pyrrole nitrogens is 1. The average Bonchev–Trinajstić information content (AvgIpc) is 3.12. The van der Waals surface area contributed by atoms with Gasteiger partial charge in [-0.15, -0.1) is 0 Å². The summed E-state index contributed by atoms with van der Waals surface area (Å²) in [5, 5.41) is 2.60. The lowest BCUT2D eigenvalue weighted by Gasteiger charge is -2.09. The van der Waals surface area contributed by atoms with Crippen molar-refractivity contribution in [3.05, 3.63) is 71.0 Å². The van der Waals surface area contributed by atoms with Crippen molar-refractivity contribution in [1.29, 1.82) is 0 Å². The Morgan fingerprint density at radius 3 is 2.19 bits per heavy atom. The van der Waals surface area contributed by atoms with Gasteiger partial charge in [0, 0.05) is 16.9 Å². The molecule has 2 aromatic carbocycles. The van der Waals surface area contributed by atoms with E-state index in [9.17, 15) is 14.4 Å². The Morgan fingerprint density at radius 1 is 0.968 bits per heavy atom. The van der Waals surface area contributed by atoms with E-state index in [0.717, 1.165) is 5.56 Å². The van der Waals surface area contributed by atoms with Crippen LogP contribution in [0, 0.1) is 13.8 Å². The number of aryl methyl sites for hydroxylation is 2. The van der Waals surface area contributed by atoms with Gasteiger partial charge < -0.3 is 19.8 Å². The van der Waals surface area contributed by atoms with Crippen molar-refractivity contribution in [1.82, 2.24) is 4.98 Å². The predicted octanol–water partition coefficient (Wildman–Crippen LogP) is 4.31. The van der Waals surface area contributed by atoms with Gasteiger partial charge in [0.1, 0.15) is 11.4 Å². The van der Waals surface area contributed by atoms with Crippen LogP contribution in [0.2, 0.25) is 0 Å². The molecule has 7 heteroatoms. The zero-order chi connectivity index (χ0) is 22.5. The van der Waals surface area contributed by atoms with Crippen LogP contribution in [0.25, 0.3) is 11.1 Å². The quantitative estimate of drug-likeness (QED) is 0.337. The topological polar surface area (TPSA) is 97.5 Å². The Hall–Kier alpha value is -3.87. The van der Waals surface area contributed by atoms with Gasteiger partial charge in [0.2, 0.25) is 0 Å². The molecule has 0 unspecified atom stereocenters. The minimum atomic E-state index is -0.810. The van der Waals surface area contributed by atoms with Crippen LogP contribution in [-0.2, 0) is 9.53 Å². The number of carbonyl (C=O) groups is 3. The van der Waals surface area contributed by atoms with E-state index in [-0.39, 0.29) is 17.9 Å². The fourth-order valence-corrected chi connectivity index (χ4v) is 3.24. The van der Waals surface area contributed by atoms with Crippen LogP contribution in [0.3, 0.4) is 0 Å². The van der Waals surface area contributed by atoms with Gasteiger partial charge >= 0.3 is 5.97 Å². The lowest BCUT2D eigenvalue weighted by Crippen LogP contribution is -2.23. The molecule has 2 N–H and O–H groups in total. The molecule has 1 aromatic heterocycles. The van der Waals surface area contributed by atoms with Gasteiger partial charge in [-0.25, -0.2) is 4.79 Å². The summed E-state index contributed by atoms with van der Waals surface area (Å²) in [6, 6.07) is 14.0. The first-order valence-electron chi connectivity index (χ1n) is 9.82. The summed E-state index contributed by atoms with van der Waals surface area (Å²) in [6.45, 7) is 5.47. The van der Waals surface area contributed by atoms with Crippen molar-refractivity contribution < 1.29 is 23.9 Å². The van der Waals surface area contributed by atoms with Gasteiger partial charge in [-0.3, -0.25) is 9.59 Å². The van der Waals surface area contributed by atoms with Gasteiger partial charge in [-0.1, -0.05) is 29.8 Å². The summed E-state index contributed by atoms with van der Waals surface area (Å²) in [7, 11) is 1.55. The van der Waals surface area contributed by atoms with E-state index in [1.807, 2.05) is 19.1 Å². The fraction of sp³-hybridized carbons (Fsp3) is 0.208. The van der Waals surface area contributed by atoms with Gasteiger partial charge in [0.25, 0.3) is 11.7 Å². The highest BCUT2D eigenvalue weighted by Crippen LogP contribution is 2.32. The summed E-state index contributed by atoms with van der Waals surface area (Å²) in [5.74, 6) is -1.54. The van der Waals surface area contributed by atoms with Gasteiger partial charge in [0.05, 0.1) is 19.3 Å². The van der Waals surface area contributed by atoms with Crippen LogP contribution >= 0.6 is 0 Å². The molecule has 160 valence electrons. The Balaban J connectivity index is 2.04. The second-order valence-corrected chi connectivity index (χ2v) is 6.97. The first-order chi connectivity index (χ1) is 14.8. The third-order valence-corrected chi connectivity index (χ3v) is 4.79. The van der Waals surface area contributed by atoms with Crippen molar-refractivity contribution in [2.45, 2.75) is 20.8 Å². The molecule has 31 heavy (non-hydrogen) atoms. The van der Waals surface area contributed by atoms with Crippen LogP contribution in [0.1, 0.15) is 39.0 Å². The Kier molecular flexibility index (Phi) is 6.55. The maximum Gasteiger partial charge on any atom is 0.340 e. The number of hydrogen-bond acceptors (Lipinski definition) is 5. The molecule has 0 aliphatic rings. The van der Waals surface area contributed by atoms with Crippen molar-refractivity contribution in [3.8, 4) is 16.9 Å². The SMILES string of the molecule is CCOC(=O)c1c(C)[nH]c(C(=O)C(=O)Nc2ccc(C)cc2)c1-c1ccc(OC)cc1. The number of ketones is 1. The smallest absolute Gasteiger partial charge is 0.340 e. The third-order valence-electron chi connectivity index (χ3n) is 4.79. The molecule has 7 nitrogen and oxygen atoms in total. The highest BCUT2D eigenvalue weighted by molar-refractivity contribution is 6.47. The number of benzene rings is 2. The number of Topliss-reactive ketones (excluding diaryl/α,β-unsaturated/α-hetero) is 1. The second kappa shape index (κ2) is 9.30. The summed E-state index contributed by atoms with van der Waals surface area (Å²) in [4.78, 5) is 41.3. The molecule has 3 aromatic rings. The fourth-order valence-electron chi connectivity index (χ4n) is 3.24.